The van der Waals surface area contributed by atoms with Crippen LogP contribution in [0.4, 0.5) is 11.8 Å². The zero-order valence-electron chi connectivity index (χ0n) is 22.3. The molecule has 0 radical (unpaired) electrons. The fourth-order valence-corrected chi connectivity index (χ4v) is 4.59. The first kappa shape index (κ1) is 26.8. The highest BCUT2D eigenvalue weighted by atomic mass is 16.5. The van der Waals surface area contributed by atoms with E-state index in [4.69, 9.17) is 23.9 Å². The van der Waals surface area contributed by atoms with Crippen molar-refractivity contribution in [3.63, 3.8) is 0 Å². The van der Waals surface area contributed by atoms with Gasteiger partial charge in [0.05, 0.1) is 39.1 Å². The van der Waals surface area contributed by atoms with E-state index >= 15 is 0 Å². The number of benzene rings is 1. The van der Waals surface area contributed by atoms with Crippen molar-refractivity contribution in [2.45, 2.75) is 13.0 Å². The summed E-state index contributed by atoms with van der Waals surface area (Å²) in [6, 6.07) is 3.86. The van der Waals surface area contributed by atoms with E-state index in [-0.39, 0.29) is 11.2 Å². The predicted octanol–water partition coefficient (Wildman–Crippen LogP) is 1.16. The predicted molar refractivity (Wildman–Crippen MR) is 144 cm³/mol. The minimum atomic E-state index is -0.485. The topological polar surface area (TPSA) is 137 Å². The first-order chi connectivity index (χ1) is 19.2. The second-order valence-corrected chi connectivity index (χ2v) is 9.12. The number of carbonyl (C=O) groups excluding carboxylic acids is 1. The molecule has 5 rings (SSSR count). The molecule has 1 amide bonds. The summed E-state index contributed by atoms with van der Waals surface area (Å²) in [7, 11) is 3.21. The molecule has 2 N–H and O–H groups in total. The number of methoxy groups -OCH3 is 2. The van der Waals surface area contributed by atoms with Crippen LogP contribution in [0.1, 0.15) is 16.8 Å². The van der Waals surface area contributed by atoms with Crippen molar-refractivity contribution in [3.8, 4) is 11.5 Å². The van der Waals surface area contributed by atoms with E-state index < -0.39 is 5.91 Å². The van der Waals surface area contributed by atoms with Crippen LogP contribution in [-0.4, -0.2) is 104 Å². The van der Waals surface area contributed by atoms with Gasteiger partial charge in [-0.15, -0.1) is 0 Å². The van der Waals surface area contributed by atoms with Gasteiger partial charge in [-0.3, -0.25) is 14.3 Å². The van der Waals surface area contributed by atoms with Gasteiger partial charge in [0.2, 0.25) is 11.6 Å². The van der Waals surface area contributed by atoms with Crippen LogP contribution in [0.25, 0.3) is 10.9 Å². The lowest BCUT2D eigenvalue weighted by molar-refractivity contribution is 0.0357. The van der Waals surface area contributed by atoms with E-state index in [1.54, 1.807) is 14.2 Å². The highest BCUT2D eigenvalue weighted by Crippen LogP contribution is 2.37. The van der Waals surface area contributed by atoms with Crippen molar-refractivity contribution < 1.29 is 23.7 Å². The van der Waals surface area contributed by atoms with Gasteiger partial charge in [-0.05, 0) is 18.6 Å². The Bertz CT molecular complexity index is 1360. The maximum Gasteiger partial charge on any atom is 0.283 e. The minimum absolute atomic E-state index is 0.263. The average Bonchev–Trinajstić information content (AvgIpc) is 3.47. The molecule has 208 valence electrons. The van der Waals surface area contributed by atoms with Crippen LogP contribution >= 0.6 is 0 Å². The van der Waals surface area contributed by atoms with Crippen molar-refractivity contribution in [3.05, 3.63) is 35.7 Å². The van der Waals surface area contributed by atoms with E-state index in [2.05, 4.69) is 30.5 Å². The number of rotatable bonds is 11. The lowest BCUT2D eigenvalue weighted by Crippen LogP contribution is -2.37. The molecule has 0 bridgehead atoms. The molecule has 0 spiro atoms. The fourth-order valence-electron chi connectivity index (χ4n) is 4.59. The normalized spacial score (nSPS) is 15.7. The lowest BCUT2D eigenvalue weighted by Gasteiger charge is -2.26. The van der Waals surface area contributed by atoms with Gasteiger partial charge in [0, 0.05) is 64.2 Å². The van der Waals surface area contributed by atoms with Gasteiger partial charge < -0.3 is 29.6 Å². The van der Waals surface area contributed by atoms with Crippen LogP contribution < -0.4 is 25.7 Å². The Morgan fingerprint density at radius 2 is 1.97 bits per heavy atom. The van der Waals surface area contributed by atoms with Gasteiger partial charge in [-0.1, -0.05) is 0 Å². The first-order valence-corrected chi connectivity index (χ1v) is 13.1. The van der Waals surface area contributed by atoms with Crippen LogP contribution in [0.15, 0.2) is 29.5 Å². The number of carbonyl (C=O) groups is 1. The van der Waals surface area contributed by atoms with E-state index in [9.17, 15) is 4.79 Å². The Morgan fingerprint density at radius 3 is 2.74 bits per heavy atom. The quantitative estimate of drug-likeness (QED) is 0.340. The number of fused-ring (bicyclic) bond motifs is 3. The molecular weight excluding hydrogens is 504 g/mol. The molecule has 39 heavy (non-hydrogen) atoms. The zero-order chi connectivity index (χ0) is 27.0. The van der Waals surface area contributed by atoms with Crippen LogP contribution in [0.2, 0.25) is 0 Å². The molecule has 4 heterocycles. The molecule has 1 saturated heterocycles. The molecule has 0 saturated carbocycles. The standard InChI is InChI=1S/C26H34N8O5/c1-36-13-7-28-25-29-16-18(17-30-25)24(35)32-26-31-21-19(23-27-6-9-34(23)26)4-5-20(22(21)37-2)39-12-3-8-33-10-14-38-15-11-33/h4-5,16-17,27H,3,6-15H2,1-2H3,(H,28,29,30). The van der Waals surface area contributed by atoms with Gasteiger partial charge in [-0.25, -0.2) is 15.0 Å². The highest BCUT2D eigenvalue weighted by Gasteiger charge is 2.21. The summed E-state index contributed by atoms with van der Waals surface area (Å²) in [6.45, 7) is 7.37. The Hall–Kier alpha value is -3.81. The zero-order valence-corrected chi connectivity index (χ0v) is 22.3. The maximum atomic E-state index is 13.0. The van der Waals surface area contributed by atoms with E-state index in [0.717, 1.165) is 50.5 Å². The maximum absolute atomic E-state index is 13.0. The third kappa shape index (κ3) is 6.27. The SMILES string of the molecule is COCCNc1ncc(C(=O)N=c2nc3c(OC)c(OCCCN4CCOCC4)ccc3c3n2CCN3)cn1. The van der Waals surface area contributed by atoms with Crippen molar-refractivity contribution in [2.24, 2.45) is 4.99 Å². The Balaban J connectivity index is 1.38. The van der Waals surface area contributed by atoms with Crippen LogP contribution in [0, 0.1) is 0 Å². The van der Waals surface area contributed by atoms with Crippen molar-refractivity contribution in [1.82, 2.24) is 24.4 Å². The fraction of sp³-hybridized carbons (Fsp3) is 0.500. The summed E-state index contributed by atoms with van der Waals surface area (Å²) >= 11 is 0. The van der Waals surface area contributed by atoms with Crippen LogP contribution in [-0.2, 0) is 16.0 Å². The highest BCUT2D eigenvalue weighted by molar-refractivity contribution is 5.96. The lowest BCUT2D eigenvalue weighted by atomic mass is 10.2. The summed E-state index contributed by atoms with van der Waals surface area (Å²) in [6.07, 6.45) is 3.78. The van der Waals surface area contributed by atoms with Crippen LogP contribution in [0.5, 0.6) is 11.5 Å². The third-order valence-corrected chi connectivity index (χ3v) is 6.58. The number of aromatic nitrogens is 4. The van der Waals surface area contributed by atoms with Crippen LogP contribution in [0.3, 0.4) is 0 Å². The summed E-state index contributed by atoms with van der Waals surface area (Å²) in [4.78, 5) is 32.9. The number of hydrogen-bond acceptors (Lipinski definition) is 11. The molecule has 1 fully saturated rings. The molecule has 3 aromatic rings. The molecule has 0 aliphatic carbocycles. The molecular formula is C26H34N8O5. The number of hydrogen-bond donors (Lipinski definition) is 2. The number of nitrogens with one attached hydrogen (secondary N) is 2. The second kappa shape index (κ2) is 12.8. The second-order valence-electron chi connectivity index (χ2n) is 9.12. The molecule has 13 heteroatoms. The Kier molecular flexibility index (Phi) is 8.81. The van der Waals surface area contributed by atoms with Crippen molar-refractivity contribution >= 4 is 28.6 Å². The smallest absolute Gasteiger partial charge is 0.283 e. The monoisotopic (exact) mass is 538 g/mol. The molecule has 1 aromatic carbocycles. The molecule has 2 aliphatic heterocycles. The molecule has 2 aliphatic rings. The summed E-state index contributed by atoms with van der Waals surface area (Å²) in [5.41, 5.74) is 1.11. The summed E-state index contributed by atoms with van der Waals surface area (Å²) in [5, 5.41) is 7.27. The van der Waals surface area contributed by atoms with Gasteiger partial charge in [0.25, 0.3) is 5.91 Å². The molecule has 0 atom stereocenters. The van der Waals surface area contributed by atoms with Crippen molar-refractivity contribution in [1.29, 1.82) is 0 Å². The van der Waals surface area contributed by atoms with E-state index in [1.807, 2.05) is 16.7 Å². The summed E-state index contributed by atoms with van der Waals surface area (Å²) in [5.74, 6) is 1.87. The van der Waals surface area contributed by atoms with Crippen molar-refractivity contribution in [2.75, 3.05) is 84.0 Å². The molecule has 0 unspecified atom stereocenters. The number of ether oxygens (including phenoxy) is 4. The van der Waals surface area contributed by atoms with Gasteiger partial charge in [-0.2, -0.15) is 4.99 Å². The van der Waals surface area contributed by atoms with Gasteiger partial charge in [0.1, 0.15) is 11.3 Å². The van der Waals surface area contributed by atoms with Gasteiger partial charge >= 0.3 is 0 Å². The van der Waals surface area contributed by atoms with Gasteiger partial charge in [0.15, 0.2) is 11.5 Å². The number of nitrogens with zero attached hydrogens (tertiary/aromatic N) is 6. The molecule has 2 aromatic heterocycles. The number of amides is 1. The number of morpholine rings is 1. The Labute approximate surface area is 226 Å². The average molecular weight is 539 g/mol. The third-order valence-electron chi connectivity index (χ3n) is 6.58. The Morgan fingerprint density at radius 1 is 1.15 bits per heavy atom. The first-order valence-electron chi connectivity index (χ1n) is 13.1. The molecule has 13 nitrogen and oxygen atoms in total. The summed E-state index contributed by atoms with van der Waals surface area (Å²) < 4.78 is 24.2. The minimum Gasteiger partial charge on any atom is -0.491 e. The largest absolute Gasteiger partial charge is 0.491 e. The van der Waals surface area contributed by atoms with E-state index in [1.165, 1.54) is 12.4 Å². The van der Waals surface area contributed by atoms with E-state index in [0.29, 0.717) is 55.8 Å². The number of anilines is 2.